The molecule has 340 valence electrons. The number of aliphatic hydroxyl groups excluding tert-OH is 7. The first-order chi connectivity index (χ1) is 27.4. The van der Waals surface area contributed by atoms with Gasteiger partial charge in [0.25, 0.3) is 0 Å². The van der Waals surface area contributed by atoms with E-state index in [0.717, 1.165) is 12.8 Å². The third kappa shape index (κ3) is 41.8. The third-order valence-corrected chi connectivity index (χ3v) is 11.4. The summed E-state index contributed by atoms with van der Waals surface area (Å²) in [5.41, 5.74) is 0. The van der Waals surface area contributed by atoms with Gasteiger partial charge in [-0.1, -0.05) is 245 Å². The van der Waals surface area contributed by atoms with Gasteiger partial charge in [-0.05, 0) is 12.8 Å². The number of rotatable bonds is 39. The first-order valence-corrected chi connectivity index (χ1v) is 24.6. The van der Waals surface area contributed by atoms with E-state index in [0.29, 0.717) is 13.2 Å². The van der Waals surface area contributed by atoms with Gasteiger partial charge < -0.3 is 40.5 Å². The SMILES string of the molecule is CCCCCCCCCCCCCCCCCCCCCCO.CCCCCCCCCCCCCCCCCCCCO.OC[C@H]1OC(O)[C@H](O)[C@@H](O)[C@@H]1O. The highest BCUT2D eigenvalue weighted by atomic mass is 16.6. The number of unbranched alkanes of at least 4 members (excludes halogenated alkanes) is 36. The Kier molecular flexibility index (Phi) is 50.6. The summed E-state index contributed by atoms with van der Waals surface area (Å²) in [7, 11) is 0. The lowest BCUT2D eigenvalue weighted by Gasteiger charge is -2.37. The smallest absolute Gasteiger partial charge is 0.184 e. The number of ether oxygens (including phenoxy) is 1. The van der Waals surface area contributed by atoms with Crippen LogP contribution in [0.4, 0.5) is 0 Å². The number of hydrogen-bond donors (Lipinski definition) is 7. The van der Waals surface area contributed by atoms with Gasteiger partial charge in [0, 0.05) is 13.2 Å². The van der Waals surface area contributed by atoms with E-state index in [4.69, 9.17) is 35.7 Å². The van der Waals surface area contributed by atoms with Crippen molar-refractivity contribution in [2.45, 2.75) is 289 Å². The molecule has 0 aromatic rings. The van der Waals surface area contributed by atoms with E-state index >= 15 is 0 Å². The molecule has 0 aromatic carbocycles. The van der Waals surface area contributed by atoms with Crippen molar-refractivity contribution in [1.82, 2.24) is 0 Å². The minimum atomic E-state index is -1.57. The van der Waals surface area contributed by atoms with Crippen molar-refractivity contribution in [1.29, 1.82) is 0 Å². The summed E-state index contributed by atoms with van der Waals surface area (Å²) in [5.74, 6) is 0. The Morgan fingerprint density at radius 3 is 0.696 bits per heavy atom. The highest BCUT2D eigenvalue weighted by Crippen LogP contribution is 2.19. The van der Waals surface area contributed by atoms with Gasteiger partial charge in [0.2, 0.25) is 0 Å². The van der Waals surface area contributed by atoms with Crippen molar-refractivity contribution in [3.05, 3.63) is 0 Å². The topological polar surface area (TPSA) is 151 Å². The lowest BCUT2D eigenvalue weighted by molar-refractivity contribution is -0.286. The molecule has 5 atom stereocenters. The van der Waals surface area contributed by atoms with Gasteiger partial charge in [0.15, 0.2) is 6.29 Å². The molecule has 1 unspecified atom stereocenters. The third-order valence-electron chi connectivity index (χ3n) is 11.4. The molecule has 7 N–H and O–H groups in total. The number of aliphatic hydroxyl groups is 7. The van der Waals surface area contributed by atoms with Crippen LogP contribution < -0.4 is 0 Å². The van der Waals surface area contributed by atoms with Crippen molar-refractivity contribution in [3.8, 4) is 0 Å². The summed E-state index contributed by atoms with van der Waals surface area (Å²) in [6.07, 6.45) is 46.2. The van der Waals surface area contributed by atoms with E-state index < -0.39 is 37.3 Å². The molecule has 8 heteroatoms. The van der Waals surface area contributed by atoms with Gasteiger partial charge in [0.05, 0.1) is 6.61 Å². The Morgan fingerprint density at radius 2 is 0.500 bits per heavy atom. The predicted octanol–water partition coefficient (Wildman–Crippen LogP) is 11.6. The Labute approximate surface area is 348 Å². The maximum absolute atomic E-state index is 9.12. The largest absolute Gasteiger partial charge is 0.396 e. The lowest BCUT2D eigenvalue weighted by atomic mass is 10.00. The van der Waals surface area contributed by atoms with E-state index in [1.165, 1.54) is 231 Å². The van der Waals surface area contributed by atoms with E-state index in [1.54, 1.807) is 0 Å². The van der Waals surface area contributed by atoms with E-state index in [2.05, 4.69) is 18.6 Å². The van der Waals surface area contributed by atoms with Crippen molar-refractivity contribution < 1.29 is 40.5 Å². The van der Waals surface area contributed by atoms with Gasteiger partial charge in [-0.15, -0.1) is 0 Å². The van der Waals surface area contributed by atoms with E-state index in [9.17, 15) is 0 Å². The van der Waals surface area contributed by atoms with E-state index in [-0.39, 0.29) is 0 Å². The van der Waals surface area contributed by atoms with Gasteiger partial charge in [-0.2, -0.15) is 0 Å². The molecular formula is C48H100O8. The molecule has 1 rings (SSSR count). The minimum absolute atomic E-state index is 0.374. The van der Waals surface area contributed by atoms with Gasteiger partial charge >= 0.3 is 0 Å². The Hall–Kier alpha value is -0.320. The Balaban J connectivity index is 0. The van der Waals surface area contributed by atoms with Crippen LogP contribution in [0.5, 0.6) is 0 Å². The van der Waals surface area contributed by atoms with Crippen LogP contribution in [-0.2, 0) is 4.74 Å². The predicted molar refractivity (Wildman–Crippen MR) is 237 cm³/mol. The molecule has 1 heterocycles. The average molecular weight is 805 g/mol. The molecule has 0 spiro atoms. The first-order valence-electron chi connectivity index (χ1n) is 24.6. The van der Waals surface area contributed by atoms with Crippen molar-refractivity contribution in [2.24, 2.45) is 0 Å². The van der Waals surface area contributed by atoms with Gasteiger partial charge in [-0.25, -0.2) is 0 Å². The second-order valence-electron chi connectivity index (χ2n) is 16.9. The molecule has 8 nitrogen and oxygen atoms in total. The second kappa shape index (κ2) is 49.0. The van der Waals surface area contributed by atoms with Crippen LogP contribution in [0.1, 0.15) is 258 Å². The van der Waals surface area contributed by atoms with Gasteiger partial charge in [-0.3, -0.25) is 0 Å². The first kappa shape index (κ1) is 57.8. The van der Waals surface area contributed by atoms with Crippen molar-refractivity contribution >= 4 is 0 Å². The van der Waals surface area contributed by atoms with Crippen LogP contribution >= 0.6 is 0 Å². The lowest BCUT2D eigenvalue weighted by Crippen LogP contribution is -2.58. The molecule has 1 aliphatic rings. The van der Waals surface area contributed by atoms with Crippen LogP contribution in [-0.4, -0.2) is 86.3 Å². The summed E-state index contributed by atoms with van der Waals surface area (Å²) in [6, 6.07) is 0. The molecule has 0 aromatic heterocycles. The highest BCUT2D eigenvalue weighted by molar-refractivity contribution is 4.88. The fraction of sp³-hybridized carbons (Fsp3) is 1.00. The fourth-order valence-electron chi connectivity index (χ4n) is 7.46. The summed E-state index contributed by atoms with van der Waals surface area (Å²) in [4.78, 5) is 0. The maximum Gasteiger partial charge on any atom is 0.184 e. The fourth-order valence-corrected chi connectivity index (χ4v) is 7.46. The van der Waals surface area contributed by atoms with Crippen molar-refractivity contribution in [3.63, 3.8) is 0 Å². The molecule has 0 radical (unpaired) electrons. The quantitative estimate of drug-likeness (QED) is 0.0303. The summed E-state index contributed by atoms with van der Waals surface area (Å²) in [5, 5.41) is 62.1. The van der Waals surface area contributed by atoms with Crippen LogP contribution in [0.3, 0.4) is 0 Å². The summed E-state index contributed by atoms with van der Waals surface area (Å²) >= 11 is 0. The molecule has 0 aliphatic carbocycles. The average Bonchev–Trinajstić information content (AvgIpc) is 3.21. The minimum Gasteiger partial charge on any atom is -0.396 e. The molecule has 0 bridgehead atoms. The van der Waals surface area contributed by atoms with Gasteiger partial charge in [0.1, 0.15) is 24.4 Å². The van der Waals surface area contributed by atoms with Crippen LogP contribution in [0.25, 0.3) is 0 Å². The zero-order valence-electron chi connectivity index (χ0n) is 37.4. The molecule has 1 saturated heterocycles. The maximum atomic E-state index is 9.12. The molecule has 0 saturated carbocycles. The van der Waals surface area contributed by atoms with Crippen molar-refractivity contribution in [2.75, 3.05) is 19.8 Å². The highest BCUT2D eigenvalue weighted by Gasteiger charge is 2.42. The Bertz CT molecular complexity index is 655. The number of hydrogen-bond acceptors (Lipinski definition) is 8. The summed E-state index contributed by atoms with van der Waals surface area (Å²) in [6.45, 7) is 4.80. The van der Waals surface area contributed by atoms with E-state index in [1.807, 2.05) is 0 Å². The standard InChI is InChI=1S/C22H46O.C20H42O.C6H12O6/c1-2-3-4-5-6-7-8-9-10-11-12-13-14-15-16-17-18-19-20-21-22-23;1-2-3-4-5-6-7-8-9-10-11-12-13-14-15-16-17-18-19-20-21;7-1-2-3(8)4(9)5(10)6(11)12-2/h23H,2-22H2,1H3;21H,2-20H2,1H3;2-11H,1H2/t;;2-,3-,4+,5-,6?/m..1/s1. The van der Waals surface area contributed by atoms with Crippen LogP contribution in [0.2, 0.25) is 0 Å². The zero-order chi connectivity index (χ0) is 41.6. The zero-order valence-corrected chi connectivity index (χ0v) is 37.4. The second-order valence-corrected chi connectivity index (χ2v) is 16.9. The molecule has 0 amide bonds. The normalized spacial score (nSPS) is 19.3. The summed E-state index contributed by atoms with van der Waals surface area (Å²) < 4.78 is 4.58. The monoisotopic (exact) mass is 805 g/mol. The molecule has 1 aliphatic heterocycles. The van der Waals surface area contributed by atoms with Crippen LogP contribution in [0, 0.1) is 0 Å². The molecule has 1 fully saturated rings. The Morgan fingerprint density at radius 1 is 0.286 bits per heavy atom. The van der Waals surface area contributed by atoms with Crippen LogP contribution in [0.15, 0.2) is 0 Å². The molecule has 56 heavy (non-hydrogen) atoms. The molecular weight excluding hydrogens is 705 g/mol.